The summed E-state index contributed by atoms with van der Waals surface area (Å²) in [5, 5.41) is 9.42. The smallest absolute Gasteiger partial charge is 0.401 e. The van der Waals surface area contributed by atoms with Crippen LogP contribution in [0.4, 0.5) is 13.2 Å². The fourth-order valence-corrected chi connectivity index (χ4v) is 2.79. The van der Waals surface area contributed by atoms with Crippen LogP contribution in [0.15, 0.2) is 18.2 Å². The highest BCUT2D eigenvalue weighted by atomic mass is 19.4. The Morgan fingerprint density at radius 1 is 1.37 bits per heavy atom. The van der Waals surface area contributed by atoms with Gasteiger partial charge in [-0.3, -0.25) is 4.90 Å². The molecular formula is C14H18F3NO. The second kappa shape index (κ2) is 5.04. The molecule has 0 spiro atoms. The second-order valence-corrected chi connectivity index (χ2v) is 5.32. The number of halogens is 3. The number of aromatic hydroxyl groups is 1. The highest BCUT2D eigenvalue weighted by molar-refractivity contribution is 5.40. The molecule has 1 aliphatic carbocycles. The summed E-state index contributed by atoms with van der Waals surface area (Å²) in [7, 11) is 0. The van der Waals surface area contributed by atoms with Crippen molar-refractivity contribution in [3.63, 3.8) is 0 Å². The fraction of sp³-hybridized carbons (Fsp3) is 0.571. The van der Waals surface area contributed by atoms with Crippen molar-refractivity contribution >= 4 is 0 Å². The topological polar surface area (TPSA) is 23.5 Å². The van der Waals surface area contributed by atoms with E-state index in [4.69, 9.17) is 0 Å². The zero-order valence-electron chi connectivity index (χ0n) is 11.0. The largest absolute Gasteiger partial charge is 0.508 e. The number of phenolic OH excluding ortho intramolecular Hbond substituents is 1. The third-order valence-corrected chi connectivity index (χ3v) is 3.60. The molecule has 106 valence electrons. The molecule has 2 rings (SSSR count). The normalized spacial score (nSPS) is 19.2. The van der Waals surface area contributed by atoms with Crippen LogP contribution in [0.1, 0.15) is 37.4 Å². The lowest BCUT2D eigenvalue weighted by atomic mass is 10.1. The Morgan fingerprint density at radius 3 is 2.63 bits per heavy atom. The van der Waals surface area contributed by atoms with Crippen LogP contribution in [0.2, 0.25) is 0 Å². The Labute approximate surface area is 110 Å². The van der Waals surface area contributed by atoms with E-state index >= 15 is 0 Å². The van der Waals surface area contributed by atoms with E-state index in [0.29, 0.717) is 6.42 Å². The molecule has 19 heavy (non-hydrogen) atoms. The molecule has 2 nitrogen and oxygen atoms in total. The summed E-state index contributed by atoms with van der Waals surface area (Å²) >= 11 is 0. The highest BCUT2D eigenvalue weighted by Crippen LogP contribution is 2.39. The fourth-order valence-electron chi connectivity index (χ4n) is 2.79. The Bertz CT molecular complexity index is 456. The molecule has 5 heteroatoms. The molecule has 0 amide bonds. The van der Waals surface area contributed by atoms with Crippen LogP contribution in [0.5, 0.6) is 5.75 Å². The van der Waals surface area contributed by atoms with E-state index in [2.05, 4.69) is 0 Å². The summed E-state index contributed by atoms with van der Waals surface area (Å²) < 4.78 is 38.0. The van der Waals surface area contributed by atoms with Gasteiger partial charge in [0.15, 0.2) is 0 Å². The van der Waals surface area contributed by atoms with Crippen LogP contribution in [-0.2, 0) is 6.42 Å². The van der Waals surface area contributed by atoms with Crippen LogP contribution in [-0.4, -0.2) is 28.8 Å². The lowest BCUT2D eigenvalue weighted by molar-refractivity contribution is -0.155. The molecule has 0 saturated carbocycles. The monoisotopic (exact) mass is 273 g/mol. The summed E-state index contributed by atoms with van der Waals surface area (Å²) in [6.45, 7) is 2.67. The van der Waals surface area contributed by atoms with Crippen molar-refractivity contribution in [2.45, 2.75) is 44.9 Å². The Balaban J connectivity index is 2.26. The van der Waals surface area contributed by atoms with Gasteiger partial charge in [-0.05, 0) is 49.9 Å². The standard InChI is InChI=1S/C14H18F3NO/c1-9(2)18(8-14(15,16)17)13-6-3-10-7-11(19)4-5-12(10)13/h4-5,7,9,13,19H,3,6,8H2,1-2H3. The molecule has 0 bridgehead atoms. The first-order valence-corrected chi connectivity index (χ1v) is 6.42. The van der Waals surface area contributed by atoms with E-state index in [0.717, 1.165) is 17.5 Å². The van der Waals surface area contributed by atoms with Gasteiger partial charge < -0.3 is 5.11 Å². The van der Waals surface area contributed by atoms with Crippen LogP contribution in [0.25, 0.3) is 0 Å². The van der Waals surface area contributed by atoms with Gasteiger partial charge in [0.2, 0.25) is 0 Å². The van der Waals surface area contributed by atoms with Gasteiger partial charge in [0.1, 0.15) is 5.75 Å². The molecule has 1 aromatic rings. The van der Waals surface area contributed by atoms with Gasteiger partial charge in [-0.1, -0.05) is 6.07 Å². The average molecular weight is 273 g/mol. The second-order valence-electron chi connectivity index (χ2n) is 5.32. The number of benzene rings is 1. The van der Waals surface area contributed by atoms with Gasteiger partial charge in [-0.2, -0.15) is 13.2 Å². The van der Waals surface area contributed by atoms with Crippen molar-refractivity contribution in [3.05, 3.63) is 29.3 Å². The minimum atomic E-state index is -4.19. The number of hydrogen-bond acceptors (Lipinski definition) is 2. The van der Waals surface area contributed by atoms with E-state index in [-0.39, 0.29) is 17.8 Å². The number of alkyl halides is 3. The zero-order chi connectivity index (χ0) is 14.2. The van der Waals surface area contributed by atoms with Crippen molar-refractivity contribution in [3.8, 4) is 5.75 Å². The Hall–Kier alpha value is -1.23. The van der Waals surface area contributed by atoms with E-state index < -0.39 is 12.7 Å². The summed E-state index contributed by atoms with van der Waals surface area (Å²) in [6, 6.07) is 4.56. The molecule has 1 N–H and O–H groups in total. The minimum Gasteiger partial charge on any atom is -0.508 e. The van der Waals surface area contributed by atoms with E-state index in [1.165, 1.54) is 4.90 Å². The maximum atomic E-state index is 12.7. The number of hydrogen-bond donors (Lipinski definition) is 1. The van der Waals surface area contributed by atoms with Crippen molar-refractivity contribution in [1.82, 2.24) is 4.90 Å². The van der Waals surface area contributed by atoms with Gasteiger partial charge >= 0.3 is 6.18 Å². The SMILES string of the molecule is CC(C)N(CC(F)(F)F)C1CCc2cc(O)ccc21. The van der Waals surface area contributed by atoms with Crippen LogP contribution in [0.3, 0.4) is 0 Å². The van der Waals surface area contributed by atoms with Crippen LogP contribution >= 0.6 is 0 Å². The molecule has 0 aromatic heterocycles. The Kier molecular flexibility index (Phi) is 3.76. The quantitative estimate of drug-likeness (QED) is 0.908. The summed E-state index contributed by atoms with van der Waals surface area (Å²) in [6.07, 6.45) is -2.80. The third-order valence-electron chi connectivity index (χ3n) is 3.60. The van der Waals surface area contributed by atoms with Crippen molar-refractivity contribution in [2.75, 3.05) is 6.54 Å². The van der Waals surface area contributed by atoms with Crippen LogP contribution in [0, 0.1) is 0 Å². The van der Waals surface area contributed by atoms with Gasteiger partial charge in [-0.15, -0.1) is 0 Å². The number of rotatable bonds is 3. The summed E-state index contributed by atoms with van der Waals surface area (Å²) in [4.78, 5) is 1.49. The lowest BCUT2D eigenvalue weighted by Crippen LogP contribution is -2.41. The molecule has 1 unspecified atom stereocenters. The first-order chi connectivity index (χ1) is 8.78. The number of nitrogens with zero attached hydrogens (tertiary/aromatic N) is 1. The van der Waals surface area contributed by atoms with Crippen molar-refractivity contribution in [2.24, 2.45) is 0 Å². The first-order valence-electron chi connectivity index (χ1n) is 6.42. The predicted molar refractivity (Wildman–Crippen MR) is 67.1 cm³/mol. The number of fused-ring (bicyclic) bond motifs is 1. The first kappa shape index (κ1) is 14.2. The molecule has 1 aliphatic rings. The van der Waals surface area contributed by atoms with Crippen molar-refractivity contribution < 1.29 is 18.3 Å². The van der Waals surface area contributed by atoms with Crippen molar-refractivity contribution in [1.29, 1.82) is 0 Å². The van der Waals surface area contributed by atoms with Crippen LogP contribution < -0.4 is 0 Å². The molecule has 0 fully saturated rings. The summed E-state index contributed by atoms with van der Waals surface area (Å²) in [5.74, 6) is 0.173. The van der Waals surface area contributed by atoms with E-state index in [1.807, 2.05) is 0 Å². The van der Waals surface area contributed by atoms with Gasteiger partial charge in [0, 0.05) is 12.1 Å². The van der Waals surface area contributed by atoms with Gasteiger partial charge in [0.25, 0.3) is 0 Å². The minimum absolute atomic E-state index is 0.173. The molecule has 0 heterocycles. The maximum absolute atomic E-state index is 12.7. The molecule has 1 atom stereocenters. The molecule has 0 radical (unpaired) electrons. The highest BCUT2D eigenvalue weighted by Gasteiger charge is 2.37. The summed E-state index contributed by atoms with van der Waals surface area (Å²) in [5.41, 5.74) is 1.87. The Morgan fingerprint density at radius 2 is 2.05 bits per heavy atom. The lowest BCUT2D eigenvalue weighted by Gasteiger charge is -2.33. The zero-order valence-corrected chi connectivity index (χ0v) is 11.0. The van der Waals surface area contributed by atoms with Gasteiger partial charge in [0.05, 0.1) is 6.54 Å². The number of phenols is 1. The molecule has 0 saturated heterocycles. The maximum Gasteiger partial charge on any atom is 0.401 e. The van der Waals surface area contributed by atoms with Gasteiger partial charge in [-0.25, -0.2) is 0 Å². The predicted octanol–water partition coefficient (Wildman–Crippen LogP) is 3.65. The van der Waals surface area contributed by atoms with E-state index in [9.17, 15) is 18.3 Å². The molecular weight excluding hydrogens is 255 g/mol. The molecule has 0 aliphatic heterocycles. The molecule has 1 aromatic carbocycles. The number of aryl methyl sites for hydroxylation is 1. The third kappa shape index (κ3) is 3.21. The average Bonchev–Trinajstić information content (AvgIpc) is 2.67. The van der Waals surface area contributed by atoms with E-state index in [1.54, 1.807) is 32.0 Å².